The molecule has 11 aromatic rings. The van der Waals surface area contributed by atoms with Gasteiger partial charge in [0.2, 0.25) is 0 Å². The summed E-state index contributed by atoms with van der Waals surface area (Å²) in [5.41, 5.74) is 14.3. The lowest BCUT2D eigenvalue weighted by atomic mass is 9.93. The predicted octanol–water partition coefficient (Wildman–Crippen LogP) is 14.0. The van der Waals surface area contributed by atoms with E-state index in [1.807, 2.05) is 0 Å². The Morgan fingerprint density at radius 2 is 0.667 bits per heavy atom. The average Bonchev–Trinajstić information content (AvgIpc) is 3.79. The molecule has 0 fully saturated rings. The van der Waals surface area contributed by atoms with E-state index in [4.69, 9.17) is 0 Å². The molecule has 0 amide bonds. The average molecular weight is 687 g/mol. The first kappa shape index (κ1) is 30.5. The highest BCUT2D eigenvalue weighted by atomic mass is 15.0. The van der Waals surface area contributed by atoms with Gasteiger partial charge in [-0.25, -0.2) is 0 Å². The summed E-state index contributed by atoms with van der Waals surface area (Å²) in [6, 6.07) is 75.1. The lowest BCUT2D eigenvalue weighted by Crippen LogP contribution is -1.97. The van der Waals surface area contributed by atoms with Crippen molar-refractivity contribution in [1.29, 1.82) is 0 Å². The molecule has 0 spiro atoms. The summed E-state index contributed by atoms with van der Waals surface area (Å²) in [6.45, 7) is 0. The van der Waals surface area contributed by atoms with Crippen LogP contribution in [0.25, 0.3) is 99.1 Å². The molecule has 0 saturated carbocycles. The normalized spacial score (nSPS) is 11.7. The maximum atomic E-state index is 2.52. The predicted molar refractivity (Wildman–Crippen MR) is 229 cm³/mol. The summed E-state index contributed by atoms with van der Waals surface area (Å²) in [4.78, 5) is 0. The highest BCUT2D eigenvalue weighted by Crippen LogP contribution is 2.47. The maximum Gasteiger partial charge on any atom is 0.0647 e. The summed E-state index contributed by atoms with van der Waals surface area (Å²) in [5.74, 6) is 0. The molecule has 0 aliphatic heterocycles. The smallest absolute Gasteiger partial charge is 0.0647 e. The van der Waals surface area contributed by atoms with E-state index >= 15 is 0 Å². The molecule has 0 saturated heterocycles. The lowest BCUT2D eigenvalue weighted by molar-refractivity contribution is 1.18. The second-order valence-corrected chi connectivity index (χ2v) is 14.1. The molecule has 11 rings (SSSR count). The third-order valence-electron chi connectivity index (χ3n) is 11.0. The number of fused-ring (bicyclic) bond motifs is 10. The van der Waals surface area contributed by atoms with Crippen LogP contribution in [0.2, 0.25) is 0 Å². The monoisotopic (exact) mass is 686 g/mol. The zero-order valence-electron chi connectivity index (χ0n) is 29.5. The van der Waals surface area contributed by atoms with E-state index in [-0.39, 0.29) is 0 Å². The minimum Gasteiger partial charge on any atom is -0.309 e. The fraction of sp³-hybridized carbons (Fsp3) is 0. The van der Waals surface area contributed by atoms with Crippen molar-refractivity contribution in [2.24, 2.45) is 0 Å². The van der Waals surface area contributed by atoms with E-state index in [1.54, 1.807) is 0 Å². The molecule has 0 N–H and O–H groups in total. The van der Waals surface area contributed by atoms with Gasteiger partial charge in [0.1, 0.15) is 0 Å². The van der Waals surface area contributed by atoms with Gasteiger partial charge in [0.05, 0.1) is 22.1 Å². The van der Waals surface area contributed by atoms with Gasteiger partial charge in [0.15, 0.2) is 0 Å². The van der Waals surface area contributed by atoms with Crippen LogP contribution in [0.4, 0.5) is 0 Å². The molecule has 9 aromatic carbocycles. The quantitative estimate of drug-likeness (QED) is 0.171. The fourth-order valence-electron chi connectivity index (χ4n) is 8.72. The third kappa shape index (κ3) is 4.67. The van der Waals surface area contributed by atoms with E-state index in [0.717, 1.165) is 11.4 Å². The van der Waals surface area contributed by atoms with Gasteiger partial charge in [-0.3, -0.25) is 0 Å². The van der Waals surface area contributed by atoms with Gasteiger partial charge < -0.3 is 9.13 Å². The summed E-state index contributed by atoms with van der Waals surface area (Å²) >= 11 is 0. The molecular formula is C52H34N2. The number of para-hydroxylation sites is 3. The molecule has 2 heterocycles. The topological polar surface area (TPSA) is 9.86 Å². The first-order valence-electron chi connectivity index (χ1n) is 18.6. The zero-order chi connectivity index (χ0) is 35.6. The Kier molecular flexibility index (Phi) is 6.90. The first-order chi connectivity index (χ1) is 26.8. The highest BCUT2D eigenvalue weighted by molar-refractivity contribution is 6.36. The van der Waals surface area contributed by atoms with Crippen molar-refractivity contribution in [3.05, 3.63) is 206 Å². The number of nitrogens with zero attached hydrogens (tertiary/aromatic N) is 2. The van der Waals surface area contributed by atoms with Gasteiger partial charge in [0.25, 0.3) is 0 Å². The van der Waals surface area contributed by atoms with Crippen molar-refractivity contribution in [3.63, 3.8) is 0 Å². The molecular weight excluding hydrogens is 653 g/mol. The van der Waals surface area contributed by atoms with Crippen LogP contribution in [0.3, 0.4) is 0 Å². The van der Waals surface area contributed by atoms with Gasteiger partial charge in [-0.1, -0.05) is 152 Å². The van der Waals surface area contributed by atoms with Crippen molar-refractivity contribution in [1.82, 2.24) is 9.13 Å². The molecule has 0 aliphatic carbocycles. The Morgan fingerprint density at radius 3 is 1.28 bits per heavy atom. The molecule has 2 heteroatoms. The number of benzene rings is 9. The number of hydrogen-bond acceptors (Lipinski definition) is 0. The first-order valence-corrected chi connectivity index (χ1v) is 18.6. The Balaban J connectivity index is 1.25. The highest BCUT2D eigenvalue weighted by Gasteiger charge is 2.24. The molecule has 2 nitrogen and oxygen atoms in total. The summed E-state index contributed by atoms with van der Waals surface area (Å²) < 4.78 is 4.98. The number of rotatable bonds is 5. The van der Waals surface area contributed by atoms with E-state index in [1.165, 1.54) is 87.8 Å². The van der Waals surface area contributed by atoms with Crippen molar-refractivity contribution >= 4 is 54.4 Å². The second-order valence-electron chi connectivity index (χ2n) is 14.1. The molecule has 0 unspecified atom stereocenters. The molecule has 2 aromatic heterocycles. The fourth-order valence-corrected chi connectivity index (χ4v) is 8.72. The largest absolute Gasteiger partial charge is 0.309 e. The Morgan fingerprint density at radius 1 is 0.241 bits per heavy atom. The van der Waals surface area contributed by atoms with Gasteiger partial charge >= 0.3 is 0 Å². The standard InChI is InChI=1S/C52H34N2/c1-4-17-35(18-5-1)38-31-39(36-19-6-2-7-20-36)33-40(32-38)37-21-16-24-42(34-37)54-47-29-14-12-27-45(47)49-43-25-10-11-26-44(43)51-50(52(49)54)46-28-13-15-30-48(46)53(51)41-22-8-3-9-23-41/h1-34H. The minimum atomic E-state index is 1.14. The zero-order valence-corrected chi connectivity index (χ0v) is 29.5. The number of hydrogen-bond donors (Lipinski definition) is 0. The number of aromatic nitrogens is 2. The summed E-state index contributed by atoms with van der Waals surface area (Å²) in [5, 5.41) is 7.56. The van der Waals surface area contributed by atoms with Crippen LogP contribution in [0.15, 0.2) is 206 Å². The minimum absolute atomic E-state index is 1.14. The third-order valence-corrected chi connectivity index (χ3v) is 11.0. The van der Waals surface area contributed by atoms with Gasteiger partial charge in [-0.05, 0) is 93.4 Å². The van der Waals surface area contributed by atoms with E-state index in [0.29, 0.717) is 0 Å². The van der Waals surface area contributed by atoms with Gasteiger partial charge in [-0.2, -0.15) is 0 Å². The summed E-state index contributed by atoms with van der Waals surface area (Å²) in [6.07, 6.45) is 0. The molecule has 0 aliphatic rings. The Labute approximate surface area is 313 Å². The van der Waals surface area contributed by atoms with Crippen molar-refractivity contribution in [2.75, 3.05) is 0 Å². The van der Waals surface area contributed by atoms with Gasteiger partial charge in [-0.15, -0.1) is 0 Å². The van der Waals surface area contributed by atoms with Crippen molar-refractivity contribution in [3.8, 4) is 44.8 Å². The Bertz CT molecular complexity index is 3130. The molecule has 0 radical (unpaired) electrons. The summed E-state index contributed by atoms with van der Waals surface area (Å²) in [7, 11) is 0. The van der Waals surface area contributed by atoms with Crippen molar-refractivity contribution < 1.29 is 0 Å². The molecule has 54 heavy (non-hydrogen) atoms. The van der Waals surface area contributed by atoms with Crippen LogP contribution in [-0.4, -0.2) is 9.13 Å². The second kappa shape index (κ2) is 12.2. The van der Waals surface area contributed by atoms with E-state index in [2.05, 4.69) is 215 Å². The Hall–Kier alpha value is -7.16. The van der Waals surface area contributed by atoms with Crippen LogP contribution in [0.5, 0.6) is 0 Å². The molecule has 0 bridgehead atoms. The molecule has 252 valence electrons. The van der Waals surface area contributed by atoms with E-state index < -0.39 is 0 Å². The van der Waals surface area contributed by atoms with Crippen LogP contribution in [0, 0.1) is 0 Å². The molecule has 0 atom stereocenters. The van der Waals surface area contributed by atoms with Crippen LogP contribution in [0.1, 0.15) is 0 Å². The van der Waals surface area contributed by atoms with Crippen LogP contribution in [-0.2, 0) is 0 Å². The van der Waals surface area contributed by atoms with E-state index in [9.17, 15) is 0 Å². The van der Waals surface area contributed by atoms with Crippen LogP contribution < -0.4 is 0 Å². The SMILES string of the molecule is c1ccc(-c2cc(-c3ccccc3)cc(-c3cccc(-n4c5ccccc5c5c6ccccc6c6c(c7ccccc7n6-c6ccccc6)c54)c3)c2)cc1. The van der Waals surface area contributed by atoms with Gasteiger partial charge in [0, 0.05) is 38.3 Å². The maximum absolute atomic E-state index is 2.52. The van der Waals surface area contributed by atoms with Crippen molar-refractivity contribution in [2.45, 2.75) is 0 Å². The lowest BCUT2D eigenvalue weighted by Gasteiger charge is -2.15. The van der Waals surface area contributed by atoms with Crippen LogP contribution >= 0.6 is 0 Å².